The number of aliphatic carboxylic acids is 1. The molecule has 18 heavy (non-hydrogen) atoms. The third kappa shape index (κ3) is 3.28. The summed E-state index contributed by atoms with van der Waals surface area (Å²) < 4.78 is 1.48. The molecule has 1 heterocycles. The lowest BCUT2D eigenvalue weighted by Gasteiger charge is -2.19. The molecule has 0 saturated heterocycles. The Morgan fingerprint density at radius 2 is 2.17 bits per heavy atom. The largest absolute Gasteiger partial charge is 0.480 e. The molecule has 0 aliphatic heterocycles. The van der Waals surface area contributed by atoms with E-state index >= 15 is 0 Å². The molecule has 1 unspecified atom stereocenters. The lowest BCUT2D eigenvalue weighted by atomic mass is 10.1. The number of aliphatic hydroxyl groups is 1. The second-order valence-electron chi connectivity index (χ2n) is 3.99. The predicted octanol–water partition coefficient (Wildman–Crippen LogP) is -1.63. The molecule has 3 atom stereocenters. The maximum atomic E-state index is 11.7. The molecule has 0 spiro atoms. The average Bonchev–Trinajstić information content (AvgIpc) is 2.70. The average molecular weight is 256 g/mol. The highest BCUT2D eigenvalue weighted by atomic mass is 16.4. The Morgan fingerprint density at radius 1 is 1.56 bits per heavy atom. The van der Waals surface area contributed by atoms with Crippen LogP contribution < -0.4 is 11.1 Å². The smallest absolute Gasteiger partial charge is 0.328 e. The van der Waals surface area contributed by atoms with E-state index in [1.54, 1.807) is 13.2 Å². The number of aryl methyl sites for hydroxylation is 1. The normalized spacial score (nSPS) is 15.8. The minimum absolute atomic E-state index is 0.463. The number of nitrogens with one attached hydrogen (secondary N) is 1. The van der Waals surface area contributed by atoms with Crippen molar-refractivity contribution in [2.75, 3.05) is 0 Å². The molecule has 0 radical (unpaired) electrons. The number of carbonyl (C=O) groups excluding carboxylic acids is 1. The maximum Gasteiger partial charge on any atom is 0.328 e. The summed E-state index contributed by atoms with van der Waals surface area (Å²) in [6.07, 6.45) is 1.76. The summed E-state index contributed by atoms with van der Waals surface area (Å²) in [7, 11) is 1.67. The van der Waals surface area contributed by atoms with Gasteiger partial charge in [-0.3, -0.25) is 9.48 Å². The second kappa shape index (κ2) is 5.61. The summed E-state index contributed by atoms with van der Waals surface area (Å²) >= 11 is 0. The van der Waals surface area contributed by atoms with Gasteiger partial charge < -0.3 is 21.3 Å². The molecule has 5 N–H and O–H groups in total. The van der Waals surface area contributed by atoms with Gasteiger partial charge in [-0.15, -0.1) is 0 Å². The summed E-state index contributed by atoms with van der Waals surface area (Å²) in [5.41, 5.74) is 6.12. The molecule has 8 heteroatoms. The number of amides is 1. The van der Waals surface area contributed by atoms with E-state index in [1.807, 2.05) is 0 Å². The SMILES string of the molecule is C[C@@H](O)[C@H](NC(=O)C(N)c1cnn(C)c1)C(=O)O. The Morgan fingerprint density at radius 3 is 2.56 bits per heavy atom. The summed E-state index contributed by atoms with van der Waals surface area (Å²) in [5, 5.41) is 24.1. The monoisotopic (exact) mass is 256 g/mol. The summed E-state index contributed by atoms with van der Waals surface area (Å²) in [5.74, 6) is -2.01. The van der Waals surface area contributed by atoms with Crippen molar-refractivity contribution in [1.82, 2.24) is 15.1 Å². The Balaban J connectivity index is 2.73. The molecule has 1 rings (SSSR count). The van der Waals surface area contributed by atoms with Gasteiger partial charge in [0.1, 0.15) is 6.04 Å². The lowest BCUT2D eigenvalue weighted by molar-refractivity contribution is -0.145. The summed E-state index contributed by atoms with van der Waals surface area (Å²) in [4.78, 5) is 22.5. The van der Waals surface area contributed by atoms with Crippen LogP contribution in [0.25, 0.3) is 0 Å². The van der Waals surface area contributed by atoms with E-state index in [1.165, 1.54) is 17.8 Å². The summed E-state index contributed by atoms with van der Waals surface area (Å²) in [6, 6.07) is -2.42. The van der Waals surface area contributed by atoms with Crippen LogP contribution >= 0.6 is 0 Å². The Kier molecular flexibility index (Phi) is 4.40. The standard InChI is InChI=1S/C10H16N4O4/c1-5(15)8(10(17)18)13-9(16)7(11)6-3-12-14(2)4-6/h3-5,7-8,15H,11H2,1-2H3,(H,13,16)(H,17,18)/t5-,7?,8+/m1/s1. The van der Waals surface area contributed by atoms with Crippen molar-refractivity contribution in [3.8, 4) is 0 Å². The van der Waals surface area contributed by atoms with Gasteiger partial charge in [0.2, 0.25) is 5.91 Å². The number of rotatable bonds is 5. The van der Waals surface area contributed by atoms with Crippen LogP contribution in [0.4, 0.5) is 0 Å². The van der Waals surface area contributed by atoms with Gasteiger partial charge in [0.25, 0.3) is 0 Å². The second-order valence-corrected chi connectivity index (χ2v) is 3.99. The molecule has 8 nitrogen and oxygen atoms in total. The minimum Gasteiger partial charge on any atom is -0.480 e. The van der Waals surface area contributed by atoms with E-state index in [9.17, 15) is 14.7 Å². The third-order valence-corrected chi connectivity index (χ3v) is 2.41. The first kappa shape index (κ1) is 14.1. The highest BCUT2D eigenvalue weighted by Gasteiger charge is 2.28. The fourth-order valence-electron chi connectivity index (χ4n) is 1.38. The number of carboxylic acids is 1. The van der Waals surface area contributed by atoms with E-state index in [0.29, 0.717) is 5.56 Å². The number of nitrogens with two attached hydrogens (primary N) is 1. The lowest BCUT2D eigenvalue weighted by Crippen LogP contribution is -2.50. The van der Waals surface area contributed by atoms with Crippen LogP contribution in [0.3, 0.4) is 0 Å². The highest BCUT2D eigenvalue weighted by molar-refractivity contribution is 5.87. The zero-order chi connectivity index (χ0) is 13.9. The fourth-order valence-corrected chi connectivity index (χ4v) is 1.38. The molecule has 1 aromatic rings. The molecular formula is C10H16N4O4. The van der Waals surface area contributed by atoms with Crippen LogP contribution in [0.1, 0.15) is 18.5 Å². The summed E-state index contributed by atoms with van der Waals surface area (Å²) in [6.45, 7) is 1.27. The van der Waals surface area contributed by atoms with Crippen molar-refractivity contribution in [3.63, 3.8) is 0 Å². The Hall–Kier alpha value is -1.93. The zero-order valence-corrected chi connectivity index (χ0v) is 10.1. The van der Waals surface area contributed by atoms with Gasteiger partial charge in [0, 0.05) is 18.8 Å². The van der Waals surface area contributed by atoms with Crippen LogP contribution in [0.15, 0.2) is 12.4 Å². The van der Waals surface area contributed by atoms with Crippen molar-refractivity contribution in [2.24, 2.45) is 12.8 Å². The van der Waals surface area contributed by atoms with Gasteiger partial charge in [-0.25, -0.2) is 4.79 Å². The Labute approximate surface area is 103 Å². The molecule has 0 aliphatic rings. The quantitative estimate of drug-likeness (QED) is 0.500. The van der Waals surface area contributed by atoms with E-state index < -0.39 is 30.1 Å². The third-order valence-electron chi connectivity index (χ3n) is 2.41. The number of nitrogens with zero attached hydrogens (tertiary/aromatic N) is 2. The molecule has 0 aromatic carbocycles. The molecule has 0 saturated carbocycles. The van der Waals surface area contributed by atoms with Crippen LogP contribution in [0.2, 0.25) is 0 Å². The van der Waals surface area contributed by atoms with Gasteiger partial charge in [0.15, 0.2) is 6.04 Å². The van der Waals surface area contributed by atoms with Crippen LogP contribution in [-0.4, -0.2) is 44.0 Å². The van der Waals surface area contributed by atoms with E-state index in [2.05, 4.69) is 10.4 Å². The number of aliphatic hydroxyl groups excluding tert-OH is 1. The fraction of sp³-hybridized carbons (Fsp3) is 0.500. The van der Waals surface area contributed by atoms with Crippen LogP contribution in [0.5, 0.6) is 0 Å². The van der Waals surface area contributed by atoms with Gasteiger partial charge in [-0.1, -0.05) is 0 Å². The molecular weight excluding hydrogens is 240 g/mol. The topological polar surface area (TPSA) is 130 Å². The number of carbonyl (C=O) groups is 2. The first-order valence-electron chi connectivity index (χ1n) is 5.28. The molecule has 0 aliphatic carbocycles. The number of carboxylic acid groups (broad SMARTS) is 1. The minimum atomic E-state index is -1.39. The zero-order valence-electron chi connectivity index (χ0n) is 10.1. The van der Waals surface area contributed by atoms with Crippen LogP contribution in [0, 0.1) is 0 Å². The van der Waals surface area contributed by atoms with Crippen molar-refractivity contribution in [3.05, 3.63) is 18.0 Å². The van der Waals surface area contributed by atoms with E-state index in [0.717, 1.165) is 0 Å². The predicted molar refractivity (Wildman–Crippen MR) is 61.4 cm³/mol. The van der Waals surface area contributed by atoms with Gasteiger partial charge >= 0.3 is 5.97 Å². The van der Waals surface area contributed by atoms with E-state index in [-0.39, 0.29) is 0 Å². The molecule has 100 valence electrons. The molecule has 0 fully saturated rings. The molecule has 0 bridgehead atoms. The van der Waals surface area contributed by atoms with E-state index in [4.69, 9.17) is 10.8 Å². The van der Waals surface area contributed by atoms with Crippen molar-refractivity contribution in [2.45, 2.75) is 25.1 Å². The van der Waals surface area contributed by atoms with Gasteiger partial charge in [-0.2, -0.15) is 5.10 Å². The van der Waals surface area contributed by atoms with Crippen molar-refractivity contribution in [1.29, 1.82) is 0 Å². The number of hydrogen-bond acceptors (Lipinski definition) is 5. The first-order valence-corrected chi connectivity index (χ1v) is 5.28. The van der Waals surface area contributed by atoms with Crippen molar-refractivity contribution < 1.29 is 19.8 Å². The maximum absolute atomic E-state index is 11.7. The Bertz CT molecular complexity index is 443. The van der Waals surface area contributed by atoms with Gasteiger partial charge in [0.05, 0.1) is 12.3 Å². The molecule has 1 aromatic heterocycles. The number of aromatic nitrogens is 2. The van der Waals surface area contributed by atoms with Crippen molar-refractivity contribution >= 4 is 11.9 Å². The highest BCUT2D eigenvalue weighted by Crippen LogP contribution is 2.09. The van der Waals surface area contributed by atoms with Crippen LogP contribution in [-0.2, 0) is 16.6 Å². The molecule has 1 amide bonds. The number of hydrogen-bond donors (Lipinski definition) is 4. The first-order chi connectivity index (χ1) is 8.32. The van der Waals surface area contributed by atoms with Gasteiger partial charge in [-0.05, 0) is 6.92 Å².